The second kappa shape index (κ2) is 4.87. The van der Waals surface area contributed by atoms with Crippen molar-refractivity contribution in [2.45, 2.75) is 20.8 Å². The lowest BCUT2D eigenvalue weighted by molar-refractivity contribution is 0.267. The molecule has 1 aromatic carbocycles. The third-order valence-electron chi connectivity index (χ3n) is 2.83. The summed E-state index contributed by atoms with van der Waals surface area (Å²) in [5.74, 6) is 0.886. The van der Waals surface area contributed by atoms with Gasteiger partial charge < -0.3 is 9.64 Å². The number of methoxy groups -OCH3 is 1. The lowest BCUT2D eigenvalue weighted by atomic mass is 10.0. The van der Waals surface area contributed by atoms with Crippen molar-refractivity contribution in [3.05, 3.63) is 22.8 Å². The highest BCUT2D eigenvalue weighted by Gasteiger charge is 2.15. The summed E-state index contributed by atoms with van der Waals surface area (Å²) in [7, 11) is 3.40. The van der Waals surface area contributed by atoms with E-state index in [0.717, 1.165) is 28.1 Å². The van der Waals surface area contributed by atoms with Crippen LogP contribution in [0.15, 0.2) is 6.07 Å². The van der Waals surface area contributed by atoms with Crippen LogP contribution in [0, 0.1) is 20.8 Å². The maximum Gasteiger partial charge on any atom is 0.293 e. The Morgan fingerprint density at radius 1 is 1.31 bits per heavy atom. The van der Waals surface area contributed by atoms with Crippen LogP contribution >= 0.6 is 15.9 Å². The highest BCUT2D eigenvalue weighted by Crippen LogP contribution is 2.33. The van der Waals surface area contributed by atoms with E-state index < -0.39 is 0 Å². The van der Waals surface area contributed by atoms with Crippen LogP contribution in [0.3, 0.4) is 0 Å². The molecule has 0 heterocycles. The van der Waals surface area contributed by atoms with Gasteiger partial charge in [-0.15, -0.1) is 0 Å². The molecule has 3 nitrogen and oxygen atoms in total. The van der Waals surface area contributed by atoms with Crippen LogP contribution in [0.5, 0.6) is 5.75 Å². The van der Waals surface area contributed by atoms with E-state index in [1.54, 1.807) is 19.1 Å². The van der Waals surface area contributed by atoms with E-state index in [4.69, 9.17) is 4.74 Å². The molecule has 0 radical (unpaired) electrons. The molecule has 0 aliphatic heterocycles. The van der Waals surface area contributed by atoms with Gasteiger partial charge in [0, 0.05) is 28.7 Å². The van der Waals surface area contributed by atoms with Gasteiger partial charge >= 0.3 is 0 Å². The van der Waals surface area contributed by atoms with Crippen LogP contribution in [-0.4, -0.2) is 19.0 Å². The minimum absolute atomic E-state index is 0.153. The van der Waals surface area contributed by atoms with Gasteiger partial charge in [0.2, 0.25) is 0 Å². The van der Waals surface area contributed by atoms with Crippen molar-refractivity contribution in [1.82, 2.24) is 0 Å². The minimum Gasteiger partial charge on any atom is -0.496 e. The van der Waals surface area contributed by atoms with E-state index in [2.05, 4.69) is 15.9 Å². The van der Waals surface area contributed by atoms with E-state index in [-0.39, 0.29) is 4.82 Å². The Bertz CT molecular complexity index is 430. The van der Waals surface area contributed by atoms with Gasteiger partial charge in [-0.25, -0.2) is 0 Å². The maximum absolute atomic E-state index is 11.3. The van der Waals surface area contributed by atoms with Gasteiger partial charge in [0.1, 0.15) is 5.75 Å². The Kier molecular flexibility index (Phi) is 3.97. The Morgan fingerprint density at radius 2 is 1.88 bits per heavy atom. The number of hydrogen-bond donors (Lipinski definition) is 0. The number of hydrogen-bond acceptors (Lipinski definition) is 2. The molecule has 4 heteroatoms. The first-order valence-electron chi connectivity index (χ1n) is 4.98. The topological polar surface area (TPSA) is 29.5 Å². The smallest absolute Gasteiger partial charge is 0.293 e. The predicted octanol–water partition coefficient (Wildman–Crippen LogP) is 3.57. The number of halogens is 1. The first-order valence-corrected chi connectivity index (χ1v) is 5.77. The van der Waals surface area contributed by atoms with Crippen LogP contribution in [-0.2, 0) is 0 Å². The zero-order valence-electron chi connectivity index (χ0n) is 10.2. The second-order valence-electron chi connectivity index (χ2n) is 3.81. The predicted molar refractivity (Wildman–Crippen MR) is 69.9 cm³/mol. The van der Waals surface area contributed by atoms with Gasteiger partial charge in [-0.05, 0) is 43.5 Å². The second-order valence-corrected chi connectivity index (χ2v) is 4.49. The zero-order chi connectivity index (χ0) is 12.5. The van der Waals surface area contributed by atoms with Crippen molar-refractivity contribution < 1.29 is 9.53 Å². The first-order chi connectivity index (χ1) is 7.40. The SMILES string of the molecule is COc1c(C)cc(N(C)C(=O)Br)c(C)c1C. The lowest BCUT2D eigenvalue weighted by Gasteiger charge is -2.21. The molecule has 0 bridgehead atoms. The molecular formula is C12H16BrNO2. The van der Waals surface area contributed by atoms with Crippen molar-refractivity contribution in [2.75, 3.05) is 19.1 Å². The van der Waals surface area contributed by atoms with Gasteiger partial charge in [0.25, 0.3) is 4.82 Å². The highest BCUT2D eigenvalue weighted by molar-refractivity contribution is 9.18. The molecule has 0 spiro atoms. The van der Waals surface area contributed by atoms with Crippen molar-refractivity contribution in [3.63, 3.8) is 0 Å². The van der Waals surface area contributed by atoms with Gasteiger partial charge in [0.05, 0.1) is 7.11 Å². The number of nitrogens with zero attached hydrogens (tertiary/aromatic N) is 1. The Hall–Kier alpha value is -1.03. The molecule has 0 saturated carbocycles. The van der Waals surface area contributed by atoms with E-state index in [0.29, 0.717) is 0 Å². The quantitative estimate of drug-likeness (QED) is 0.614. The van der Waals surface area contributed by atoms with Gasteiger partial charge in [0.15, 0.2) is 0 Å². The fraction of sp³-hybridized carbons (Fsp3) is 0.417. The molecule has 0 unspecified atom stereocenters. The molecule has 1 amide bonds. The maximum atomic E-state index is 11.3. The summed E-state index contributed by atoms with van der Waals surface area (Å²) < 4.78 is 5.34. The molecule has 0 fully saturated rings. The Labute approximate surface area is 105 Å². The third kappa shape index (κ3) is 2.21. The number of rotatable bonds is 2. The summed E-state index contributed by atoms with van der Waals surface area (Å²) in [6.45, 7) is 5.96. The summed E-state index contributed by atoms with van der Waals surface area (Å²) in [6, 6.07) is 1.96. The Balaban J connectivity index is 3.39. The largest absolute Gasteiger partial charge is 0.496 e. The zero-order valence-corrected chi connectivity index (χ0v) is 11.8. The molecular weight excluding hydrogens is 270 g/mol. The van der Waals surface area contributed by atoms with Crippen LogP contribution in [0.1, 0.15) is 16.7 Å². The minimum atomic E-state index is -0.153. The molecule has 0 aromatic heterocycles. The number of ether oxygens (including phenoxy) is 1. The van der Waals surface area contributed by atoms with E-state index in [1.165, 1.54) is 0 Å². The first kappa shape index (κ1) is 13.0. The Morgan fingerprint density at radius 3 is 2.31 bits per heavy atom. The molecule has 88 valence electrons. The van der Waals surface area contributed by atoms with E-state index in [9.17, 15) is 4.79 Å². The molecule has 0 N–H and O–H groups in total. The van der Waals surface area contributed by atoms with Crippen LogP contribution in [0.25, 0.3) is 0 Å². The van der Waals surface area contributed by atoms with Crippen molar-refractivity contribution in [1.29, 1.82) is 0 Å². The fourth-order valence-corrected chi connectivity index (χ4v) is 1.99. The summed E-state index contributed by atoms with van der Waals surface area (Å²) in [5.41, 5.74) is 4.05. The molecule has 1 rings (SSSR count). The average molecular weight is 286 g/mol. The molecule has 0 aliphatic rings. The molecule has 0 atom stereocenters. The van der Waals surface area contributed by atoms with Gasteiger partial charge in [-0.2, -0.15) is 0 Å². The van der Waals surface area contributed by atoms with E-state index in [1.807, 2.05) is 26.8 Å². The highest BCUT2D eigenvalue weighted by atomic mass is 79.9. The summed E-state index contributed by atoms with van der Waals surface area (Å²) >= 11 is 2.95. The monoisotopic (exact) mass is 285 g/mol. The van der Waals surface area contributed by atoms with Crippen molar-refractivity contribution >= 4 is 26.4 Å². The normalized spacial score (nSPS) is 10.1. The number of aryl methyl sites for hydroxylation is 1. The molecule has 0 saturated heterocycles. The van der Waals surface area contributed by atoms with Crippen LogP contribution in [0.2, 0.25) is 0 Å². The third-order valence-corrected chi connectivity index (χ3v) is 3.36. The summed E-state index contributed by atoms with van der Waals surface area (Å²) in [6.07, 6.45) is 0. The fourth-order valence-electron chi connectivity index (χ4n) is 1.79. The lowest BCUT2D eigenvalue weighted by Crippen LogP contribution is -2.20. The number of anilines is 1. The number of benzene rings is 1. The molecule has 0 aliphatic carbocycles. The van der Waals surface area contributed by atoms with Gasteiger partial charge in [-0.3, -0.25) is 4.79 Å². The van der Waals surface area contributed by atoms with Crippen molar-refractivity contribution in [3.8, 4) is 5.75 Å². The summed E-state index contributed by atoms with van der Waals surface area (Å²) in [4.78, 5) is 12.7. The average Bonchev–Trinajstić information content (AvgIpc) is 2.23. The molecule has 16 heavy (non-hydrogen) atoms. The van der Waals surface area contributed by atoms with E-state index >= 15 is 0 Å². The summed E-state index contributed by atoms with van der Waals surface area (Å²) in [5, 5.41) is 0. The van der Waals surface area contributed by atoms with Gasteiger partial charge in [-0.1, -0.05) is 0 Å². The number of carbonyl (C=O) groups is 1. The number of carbonyl (C=O) groups excluding carboxylic acids is 1. The van der Waals surface area contributed by atoms with Crippen molar-refractivity contribution in [2.24, 2.45) is 0 Å². The van der Waals surface area contributed by atoms with Crippen LogP contribution < -0.4 is 9.64 Å². The van der Waals surface area contributed by atoms with Crippen LogP contribution in [0.4, 0.5) is 10.5 Å². The number of amides is 1. The molecule has 1 aromatic rings. The standard InChI is InChI=1S/C12H16BrNO2/c1-7-6-10(14(4)12(13)15)8(2)9(3)11(7)16-5/h6H,1-5H3.